The molecule has 0 unspecified atom stereocenters. The van der Waals surface area contributed by atoms with Crippen molar-refractivity contribution in [1.29, 1.82) is 0 Å². The second-order valence-corrected chi connectivity index (χ2v) is 4.03. The Morgan fingerprint density at radius 1 is 1.43 bits per heavy atom. The van der Waals surface area contributed by atoms with Gasteiger partial charge in [0.2, 0.25) is 5.91 Å². The molecule has 1 N–H and O–H groups in total. The molecular formula is C10H9BrN2O. The van der Waals surface area contributed by atoms with Gasteiger partial charge in [0.25, 0.3) is 0 Å². The third-order valence-electron chi connectivity index (χ3n) is 1.95. The van der Waals surface area contributed by atoms with E-state index < -0.39 is 0 Å². The Bertz CT molecular complexity index is 401. The molecule has 0 atom stereocenters. The van der Waals surface area contributed by atoms with Gasteiger partial charge in [0.1, 0.15) is 0 Å². The number of hydrogen-bond donors (Lipinski definition) is 1. The van der Waals surface area contributed by atoms with E-state index in [4.69, 9.17) is 0 Å². The van der Waals surface area contributed by atoms with E-state index in [0.29, 0.717) is 13.0 Å². The summed E-state index contributed by atoms with van der Waals surface area (Å²) in [6.07, 6.45) is 0.423. The van der Waals surface area contributed by atoms with Crippen molar-refractivity contribution in [2.45, 2.75) is 6.42 Å². The van der Waals surface area contributed by atoms with Gasteiger partial charge in [-0.05, 0) is 18.2 Å². The SMILES string of the molecule is O=C1CC(=Nc2cccc(Br)c2)CN1. The van der Waals surface area contributed by atoms with E-state index in [2.05, 4.69) is 26.2 Å². The maximum absolute atomic E-state index is 10.9. The highest BCUT2D eigenvalue weighted by Crippen LogP contribution is 2.19. The summed E-state index contributed by atoms with van der Waals surface area (Å²) in [6.45, 7) is 0.575. The van der Waals surface area contributed by atoms with Crippen LogP contribution in [0, 0.1) is 0 Å². The van der Waals surface area contributed by atoms with Gasteiger partial charge in [0.05, 0.1) is 18.7 Å². The van der Waals surface area contributed by atoms with E-state index in [1.54, 1.807) is 0 Å². The van der Waals surface area contributed by atoms with Crippen LogP contribution < -0.4 is 5.32 Å². The van der Waals surface area contributed by atoms with Gasteiger partial charge in [-0.25, -0.2) is 0 Å². The maximum Gasteiger partial charge on any atom is 0.226 e. The molecule has 1 heterocycles. The van der Waals surface area contributed by atoms with E-state index in [9.17, 15) is 4.79 Å². The number of nitrogens with zero attached hydrogens (tertiary/aromatic N) is 1. The summed E-state index contributed by atoms with van der Waals surface area (Å²) in [7, 11) is 0. The van der Waals surface area contributed by atoms with Gasteiger partial charge in [-0.2, -0.15) is 0 Å². The number of aliphatic imine (C=N–C) groups is 1. The van der Waals surface area contributed by atoms with Crippen LogP contribution in [0.1, 0.15) is 6.42 Å². The number of nitrogens with one attached hydrogen (secondary N) is 1. The van der Waals surface area contributed by atoms with Crippen molar-refractivity contribution in [3.63, 3.8) is 0 Å². The molecule has 0 spiro atoms. The first-order valence-corrected chi connectivity index (χ1v) is 5.12. The monoisotopic (exact) mass is 252 g/mol. The summed E-state index contributed by atoms with van der Waals surface area (Å²) in [6, 6.07) is 7.71. The van der Waals surface area contributed by atoms with Crippen LogP contribution in [0.2, 0.25) is 0 Å². The minimum atomic E-state index is 0.0544. The minimum Gasteiger partial charge on any atom is -0.350 e. The molecule has 0 bridgehead atoms. The van der Waals surface area contributed by atoms with Gasteiger partial charge in [-0.1, -0.05) is 22.0 Å². The van der Waals surface area contributed by atoms with E-state index in [1.165, 1.54) is 0 Å². The molecule has 1 aliphatic heterocycles. The molecule has 2 rings (SSSR count). The summed E-state index contributed by atoms with van der Waals surface area (Å²) in [5.41, 5.74) is 1.78. The zero-order valence-electron chi connectivity index (χ0n) is 7.46. The Labute approximate surface area is 90.4 Å². The second kappa shape index (κ2) is 3.92. The molecule has 0 aromatic heterocycles. The lowest BCUT2D eigenvalue weighted by Crippen LogP contribution is -2.13. The lowest BCUT2D eigenvalue weighted by atomic mass is 10.3. The largest absolute Gasteiger partial charge is 0.350 e. The number of carbonyl (C=O) groups excluding carboxylic acids is 1. The highest BCUT2D eigenvalue weighted by molar-refractivity contribution is 9.10. The topological polar surface area (TPSA) is 41.5 Å². The first kappa shape index (κ1) is 9.40. The van der Waals surface area contributed by atoms with Crippen LogP contribution in [0.3, 0.4) is 0 Å². The van der Waals surface area contributed by atoms with Crippen LogP contribution in [0.4, 0.5) is 5.69 Å². The molecule has 1 amide bonds. The van der Waals surface area contributed by atoms with Crippen LogP contribution in [-0.2, 0) is 4.79 Å². The number of amides is 1. The molecule has 1 aliphatic rings. The standard InChI is InChI=1S/C10H9BrN2O/c11-7-2-1-3-8(4-7)13-9-5-10(14)12-6-9/h1-4H,5-6H2,(H,12,14). The molecule has 14 heavy (non-hydrogen) atoms. The van der Waals surface area contributed by atoms with Crippen molar-refractivity contribution < 1.29 is 4.79 Å². The summed E-state index contributed by atoms with van der Waals surface area (Å²) in [5.74, 6) is 0.0544. The zero-order valence-corrected chi connectivity index (χ0v) is 9.04. The van der Waals surface area contributed by atoms with E-state index in [-0.39, 0.29) is 5.91 Å². The highest BCUT2D eigenvalue weighted by atomic mass is 79.9. The molecule has 72 valence electrons. The lowest BCUT2D eigenvalue weighted by Gasteiger charge is -1.96. The lowest BCUT2D eigenvalue weighted by molar-refractivity contribution is -0.118. The summed E-state index contributed by atoms with van der Waals surface area (Å²) in [4.78, 5) is 15.3. The molecular weight excluding hydrogens is 244 g/mol. The molecule has 1 aromatic carbocycles. The molecule has 1 aromatic rings. The molecule has 0 radical (unpaired) electrons. The quantitative estimate of drug-likeness (QED) is 0.817. The minimum absolute atomic E-state index is 0.0544. The summed E-state index contributed by atoms with van der Waals surface area (Å²) >= 11 is 3.37. The first-order chi connectivity index (χ1) is 6.74. The molecule has 1 saturated heterocycles. The fourth-order valence-electron chi connectivity index (χ4n) is 1.32. The second-order valence-electron chi connectivity index (χ2n) is 3.11. The number of hydrogen-bond acceptors (Lipinski definition) is 2. The Morgan fingerprint density at radius 2 is 2.29 bits per heavy atom. The normalized spacial score (nSPS) is 18.6. The van der Waals surface area contributed by atoms with Gasteiger partial charge in [-0.3, -0.25) is 9.79 Å². The van der Waals surface area contributed by atoms with Crippen LogP contribution >= 0.6 is 15.9 Å². The molecule has 0 saturated carbocycles. The van der Waals surface area contributed by atoms with Crippen molar-refractivity contribution in [3.8, 4) is 0 Å². The van der Waals surface area contributed by atoms with Gasteiger partial charge in [0, 0.05) is 10.2 Å². The first-order valence-electron chi connectivity index (χ1n) is 4.33. The van der Waals surface area contributed by atoms with E-state index >= 15 is 0 Å². The predicted molar refractivity (Wildman–Crippen MR) is 58.9 cm³/mol. The predicted octanol–water partition coefficient (Wildman–Crippen LogP) is 2.04. The third kappa shape index (κ3) is 2.20. The number of benzene rings is 1. The Hall–Kier alpha value is -1.16. The fourth-order valence-corrected chi connectivity index (χ4v) is 1.71. The molecule has 0 aliphatic carbocycles. The average molecular weight is 253 g/mol. The summed E-state index contributed by atoms with van der Waals surface area (Å²) in [5, 5.41) is 2.72. The average Bonchev–Trinajstić information content (AvgIpc) is 2.51. The third-order valence-corrected chi connectivity index (χ3v) is 2.44. The van der Waals surface area contributed by atoms with Crippen LogP contribution in [-0.4, -0.2) is 18.2 Å². The van der Waals surface area contributed by atoms with Crippen LogP contribution in [0.5, 0.6) is 0 Å². The smallest absolute Gasteiger partial charge is 0.226 e. The zero-order chi connectivity index (χ0) is 9.97. The van der Waals surface area contributed by atoms with Gasteiger partial charge < -0.3 is 5.32 Å². The van der Waals surface area contributed by atoms with Crippen LogP contribution in [0.25, 0.3) is 0 Å². The Morgan fingerprint density at radius 3 is 2.93 bits per heavy atom. The highest BCUT2D eigenvalue weighted by Gasteiger charge is 2.15. The van der Waals surface area contributed by atoms with Crippen molar-refractivity contribution in [3.05, 3.63) is 28.7 Å². The van der Waals surface area contributed by atoms with Gasteiger partial charge in [-0.15, -0.1) is 0 Å². The van der Waals surface area contributed by atoms with Crippen molar-refractivity contribution in [1.82, 2.24) is 5.32 Å². The number of halogens is 1. The van der Waals surface area contributed by atoms with Crippen molar-refractivity contribution >= 4 is 33.2 Å². The van der Waals surface area contributed by atoms with E-state index in [0.717, 1.165) is 15.9 Å². The summed E-state index contributed by atoms with van der Waals surface area (Å²) < 4.78 is 0.997. The van der Waals surface area contributed by atoms with Gasteiger partial charge in [0.15, 0.2) is 0 Å². The molecule has 1 fully saturated rings. The van der Waals surface area contributed by atoms with E-state index in [1.807, 2.05) is 24.3 Å². The van der Waals surface area contributed by atoms with Crippen LogP contribution in [0.15, 0.2) is 33.7 Å². The Balaban J connectivity index is 2.21. The fraction of sp³-hybridized carbons (Fsp3) is 0.200. The molecule has 4 heteroatoms. The maximum atomic E-state index is 10.9. The molecule has 3 nitrogen and oxygen atoms in total. The van der Waals surface area contributed by atoms with Gasteiger partial charge >= 0.3 is 0 Å². The number of carbonyl (C=O) groups is 1. The van der Waals surface area contributed by atoms with Crippen molar-refractivity contribution in [2.75, 3.05) is 6.54 Å². The number of rotatable bonds is 1. The Kier molecular flexibility index (Phi) is 2.63. The van der Waals surface area contributed by atoms with Crippen molar-refractivity contribution in [2.24, 2.45) is 4.99 Å².